The van der Waals surface area contributed by atoms with E-state index >= 15 is 0 Å². The van der Waals surface area contributed by atoms with Crippen LogP contribution in [0.4, 0.5) is 0 Å². The number of nitrogens with zero attached hydrogens (tertiary/aromatic N) is 1. The quantitative estimate of drug-likeness (QED) is 0.767. The Labute approximate surface area is 121 Å². The molecule has 102 valence electrons. The third-order valence-electron chi connectivity index (χ3n) is 3.79. The summed E-state index contributed by atoms with van der Waals surface area (Å²) in [5, 5.41) is 2.72. The molecule has 0 aliphatic rings. The largest absolute Gasteiger partial charge is 0.299 e. The Morgan fingerprint density at radius 3 is 2.63 bits per heavy atom. The van der Waals surface area contributed by atoms with E-state index in [1.165, 1.54) is 28.5 Å². The molecule has 19 heavy (non-hydrogen) atoms. The molecule has 1 nitrogen and oxygen atoms in total. The van der Waals surface area contributed by atoms with Gasteiger partial charge in [-0.05, 0) is 48.7 Å². The summed E-state index contributed by atoms with van der Waals surface area (Å²) in [5.74, 6) is 1.24. The van der Waals surface area contributed by atoms with Crippen molar-refractivity contribution in [3.63, 3.8) is 0 Å². The van der Waals surface area contributed by atoms with Crippen LogP contribution in [0.15, 0.2) is 42.5 Å². The lowest BCUT2D eigenvalue weighted by Gasteiger charge is -2.25. The van der Waals surface area contributed by atoms with Gasteiger partial charge in [0.15, 0.2) is 0 Å². The maximum absolute atomic E-state index is 2.46. The van der Waals surface area contributed by atoms with Crippen molar-refractivity contribution < 1.29 is 0 Å². The van der Waals surface area contributed by atoms with Crippen LogP contribution in [0, 0.1) is 0 Å². The second kappa shape index (κ2) is 6.97. The first kappa shape index (κ1) is 14.4. The van der Waals surface area contributed by atoms with Crippen LogP contribution in [0.1, 0.15) is 18.9 Å². The van der Waals surface area contributed by atoms with Crippen LogP contribution in [-0.2, 0) is 6.54 Å². The van der Waals surface area contributed by atoms with E-state index in [9.17, 15) is 0 Å². The Morgan fingerprint density at radius 2 is 1.84 bits per heavy atom. The number of benzene rings is 2. The highest BCUT2D eigenvalue weighted by Gasteiger charge is 2.10. The smallest absolute Gasteiger partial charge is 0.0239 e. The predicted molar refractivity (Wildman–Crippen MR) is 87.9 cm³/mol. The SMILES string of the molecule is CSCCC(C)N(C)Cc1cccc2ccccc12. The van der Waals surface area contributed by atoms with Crippen molar-refractivity contribution in [1.29, 1.82) is 0 Å². The monoisotopic (exact) mass is 273 g/mol. The highest BCUT2D eigenvalue weighted by Crippen LogP contribution is 2.20. The summed E-state index contributed by atoms with van der Waals surface area (Å²) in [5.41, 5.74) is 1.43. The summed E-state index contributed by atoms with van der Waals surface area (Å²) in [4.78, 5) is 2.46. The maximum atomic E-state index is 2.46. The lowest BCUT2D eigenvalue weighted by Crippen LogP contribution is -2.29. The molecule has 1 unspecified atom stereocenters. The maximum Gasteiger partial charge on any atom is 0.0239 e. The minimum Gasteiger partial charge on any atom is -0.299 e. The zero-order chi connectivity index (χ0) is 13.7. The standard InChI is InChI=1S/C17H23NS/c1-14(11-12-19-3)18(2)13-16-9-6-8-15-7-4-5-10-17(15)16/h4-10,14H,11-13H2,1-3H3. The zero-order valence-electron chi connectivity index (χ0n) is 12.1. The molecular formula is C17H23NS. The van der Waals surface area contributed by atoms with Gasteiger partial charge < -0.3 is 0 Å². The third-order valence-corrected chi connectivity index (χ3v) is 4.44. The van der Waals surface area contributed by atoms with Gasteiger partial charge in [-0.3, -0.25) is 4.90 Å². The molecule has 0 aromatic heterocycles. The van der Waals surface area contributed by atoms with E-state index in [4.69, 9.17) is 0 Å². The molecule has 0 heterocycles. The zero-order valence-corrected chi connectivity index (χ0v) is 12.9. The molecule has 0 amide bonds. The molecule has 0 N–H and O–H groups in total. The van der Waals surface area contributed by atoms with E-state index in [0.29, 0.717) is 6.04 Å². The number of fused-ring (bicyclic) bond motifs is 1. The summed E-state index contributed by atoms with van der Waals surface area (Å²) in [7, 11) is 2.23. The molecule has 2 aromatic rings. The van der Waals surface area contributed by atoms with Crippen molar-refractivity contribution in [2.45, 2.75) is 25.9 Å². The molecule has 2 rings (SSSR count). The fourth-order valence-electron chi connectivity index (χ4n) is 2.36. The molecule has 0 bridgehead atoms. The van der Waals surface area contributed by atoms with Crippen LogP contribution in [0.25, 0.3) is 10.8 Å². The van der Waals surface area contributed by atoms with Gasteiger partial charge in [0.2, 0.25) is 0 Å². The number of thioether (sulfide) groups is 1. The van der Waals surface area contributed by atoms with Crippen molar-refractivity contribution in [2.24, 2.45) is 0 Å². The van der Waals surface area contributed by atoms with E-state index in [1.807, 2.05) is 11.8 Å². The first-order chi connectivity index (χ1) is 9.22. The predicted octanol–water partition coefficient (Wildman–Crippen LogP) is 4.41. The lowest BCUT2D eigenvalue weighted by atomic mass is 10.0. The van der Waals surface area contributed by atoms with E-state index in [-0.39, 0.29) is 0 Å². The Hall–Kier alpha value is -0.990. The van der Waals surface area contributed by atoms with Gasteiger partial charge in [0.1, 0.15) is 0 Å². The molecule has 2 aromatic carbocycles. The van der Waals surface area contributed by atoms with Gasteiger partial charge in [0.05, 0.1) is 0 Å². The van der Waals surface area contributed by atoms with Crippen LogP contribution < -0.4 is 0 Å². The second-order valence-corrected chi connectivity index (χ2v) is 6.17. The number of hydrogen-bond donors (Lipinski definition) is 0. The highest BCUT2D eigenvalue weighted by atomic mass is 32.2. The van der Waals surface area contributed by atoms with Crippen molar-refractivity contribution >= 4 is 22.5 Å². The minimum atomic E-state index is 0.631. The summed E-state index contributed by atoms with van der Waals surface area (Å²) in [6.07, 6.45) is 3.43. The van der Waals surface area contributed by atoms with Gasteiger partial charge >= 0.3 is 0 Å². The summed E-state index contributed by atoms with van der Waals surface area (Å²) >= 11 is 1.93. The van der Waals surface area contributed by atoms with E-state index < -0.39 is 0 Å². The average molecular weight is 273 g/mol. The van der Waals surface area contributed by atoms with Crippen molar-refractivity contribution in [1.82, 2.24) is 4.90 Å². The normalized spacial score (nSPS) is 13.1. The van der Waals surface area contributed by atoms with Gasteiger partial charge in [-0.15, -0.1) is 0 Å². The Balaban J connectivity index is 2.12. The fourth-order valence-corrected chi connectivity index (χ4v) is 2.94. The molecule has 0 saturated heterocycles. The van der Waals surface area contributed by atoms with Crippen LogP contribution >= 0.6 is 11.8 Å². The van der Waals surface area contributed by atoms with Crippen LogP contribution in [0.5, 0.6) is 0 Å². The van der Waals surface area contributed by atoms with Gasteiger partial charge in [0.25, 0.3) is 0 Å². The van der Waals surface area contributed by atoms with Crippen LogP contribution in [-0.4, -0.2) is 30.0 Å². The second-order valence-electron chi connectivity index (χ2n) is 5.18. The summed E-state index contributed by atoms with van der Waals surface area (Å²) in [6.45, 7) is 3.35. The third kappa shape index (κ3) is 3.74. The Morgan fingerprint density at radius 1 is 1.11 bits per heavy atom. The molecule has 2 heteroatoms. The fraction of sp³-hybridized carbons (Fsp3) is 0.412. The molecule has 0 aliphatic heterocycles. The first-order valence-corrected chi connectivity index (χ1v) is 8.27. The topological polar surface area (TPSA) is 3.24 Å². The first-order valence-electron chi connectivity index (χ1n) is 6.88. The summed E-state index contributed by atoms with van der Waals surface area (Å²) in [6, 6.07) is 15.9. The molecule has 0 spiro atoms. The van der Waals surface area contributed by atoms with Crippen LogP contribution in [0.3, 0.4) is 0 Å². The highest BCUT2D eigenvalue weighted by molar-refractivity contribution is 7.98. The minimum absolute atomic E-state index is 0.631. The molecule has 1 atom stereocenters. The van der Waals surface area contributed by atoms with Crippen molar-refractivity contribution in [3.05, 3.63) is 48.0 Å². The molecule has 0 saturated carbocycles. The summed E-state index contributed by atoms with van der Waals surface area (Å²) < 4.78 is 0. The van der Waals surface area contributed by atoms with Crippen molar-refractivity contribution in [2.75, 3.05) is 19.1 Å². The van der Waals surface area contributed by atoms with Crippen LogP contribution in [0.2, 0.25) is 0 Å². The van der Waals surface area contributed by atoms with E-state index in [2.05, 4.69) is 67.6 Å². The van der Waals surface area contributed by atoms with Gasteiger partial charge in [0, 0.05) is 12.6 Å². The molecule has 0 radical (unpaired) electrons. The van der Waals surface area contributed by atoms with Gasteiger partial charge in [-0.25, -0.2) is 0 Å². The molecule has 0 aliphatic carbocycles. The Kier molecular flexibility index (Phi) is 5.29. The Bertz CT molecular complexity index is 518. The van der Waals surface area contributed by atoms with Crippen molar-refractivity contribution in [3.8, 4) is 0 Å². The average Bonchev–Trinajstić information content (AvgIpc) is 2.45. The van der Waals surface area contributed by atoms with E-state index in [1.54, 1.807) is 0 Å². The lowest BCUT2D eigenvalue weighted by molar-refractivity contribution is 0.246. The number of hydrogen-bond acceptors (Lipinski definition) is 2. The van der Waals surface area contributed by atoms with E-state index in [0.717, 1.165) is 6.54 Å². The molecular weight excluding hydrogens is 250 g/mol. The number of rotatable bonds is 6. The van der Waals surface area contributed by atoms with Gasteiger partial charge in [-0.1, -0.05) is 42.5 Å². The van der Waals surface area contributed by atoms with Gasteiger partial charge in [-0.2, -0.15) is 11.8 Å². The molecule has 0 fully saturated rings.